The van der Waals surface area contributed by atoms with Crippen LogP contribution in [0.4, 0.5) is 0 Å². The fourth-order valence-electron chi connectivity index (χ4n) is 2.94. The van der Waals surface area contributed by atoms with Crippen molar-refractivity contribution in [3.63, 3.8) is 0 Å². The fraction of sp³-hybridized carbons (Fsp3) is 0.625. The Morgan fingerprint density at radius 3 is 2.65 bits per heavy atom. The summed E-state index contributed by atoms with van der Waals surface area (Å²) < 4.78 is 0. The van der Waals surface area contributed by atoms with Gasteiger partial charge in [-0.05, 0) is 63.5 Å². The predicted octanol–water partition coefficient (Wildman–Crippen LogP) is 2.69. The lowest BCUT2D eigenvalue weighted by molar-refractivity contribution is 0.127. The molecule has 1 aromatic carbocycles. The van der Waals surface area contributed by atoms with E-state index in [1.54, 1.807) is 0 Å². The molecule has 1 aromatic rings. The third-order valence-electron chi connectivity index (χ3n) is 4.35. The van der Waals surface area contributed by atoms with Crippen LogP contribution < -0.4 is 5.32 Å². The summed E-state index contributed by atoms with van der Waals surface area (Å²) in [6.45, 7) is 5.09. The number of aliphatic hydroxyl groups is 1. The Hall–Kier alpha value is -0.610. The van der Waals surface area contributed by atoms with Crippen molar-refractivity contribution in [3.8, 4) is 0 Å². The molecule has 112 valence electrons. The van der Waals surface area contributed by atoms with E-state index in [1.165, 1.54) is 5.56 Å². The van der Waals surface area contributed by atoms with Crippen molar-refractivity contribution in [2.75, 3.05) is 26.7 Å². The third kappa shape index (κ3) is 4.19. The Balaban J connectivity index is 1.84. The predicted molar refractivity (Wildman–Crippen MR) is 84.1 cm³/mol. The van der Waals surface area contributed by atoms with Gasteiger partial charge in [0.2, 0.25) is 0 Å². The number of nitrogens with one attached hydrogen (secondary N) is 1. The highest BCUT2D eigenvalue weighted by Gasteiger charge is 2.26. The molecule has 0 radical (unpaired) electrons. The van der Waals surface area contributed by atoms with E-state index in [0.717, 1.165) is 37.5 Å². The lowest BCUT2D eigenvalue weighted by Crippen LogP contribution is -2.28. The van der Waals surface area contributed by atoms with Crippen LogP contribution in [0.15, 0.2) is 24.3 Å². The van der Waals surface area contributed by atoms with Crippen LogP contribution in [-0.4, -0.2) is 42.8 Å². The first-order valence-corrected chi connectivity index (χ1v) is 7.81. The van der Waals surface area contributed by atoms with Crippen molar-refractivity contribution in [3.05, 3.63) is 34.9 Å². The van der Waals surface area contributed by atoms with Gasteiger partial charge >= 0.3 is 0 Å². The van der Waals surface area contributed by atoms with Gasteiger partial charge < -0.3 is 15.3 Å². The number of hydrogen-bond acceptors (Lipinski definition) is 3. The maximum atomic E-state index is 9.65. The molecule has 4 heteroatoms. The highest BCUT2D eigenvalue weighted by atomic mass is 35.5. The normalized spacial score (nSPS) is 22.9. The van der Waals surface area contributed by atoms with E-state index in [1.807, 2.05) is 26.1 Å². The Morgan fingerprint density at radius 1 is 1.40 bits per heavy atom. The fourth-order valence-corrected chi connectivity index (χ4v) is 3.07. The first-order valence-electron chi connectivity index (χ1n) is 7.43. The van der Waals surface area contributed by atoms with Crippen LogP contribution in [0, 0.1) is 5.92 Å². The molecule has 1 aliphatic rings. The van der Waals surface area contributed by atoms with Crippen LogP contribution in [0.3, 0.4) is 0 Å². The molecule has 3 atom stereocenters. The van der Waals surface area contributed by atoms with Crippen molar-refractivity contribution in [1.82, 2.24) is 10.2 Å². The van der Waals surface area contributed by atoms with Gasteiger partial charge in [0.25, 0.3) is 0 Å². The standard InChI is InChI=1S/C16H25ClN2O/c1-12(20)14-7-9-19(11-14)10-8-16(18-2)13-3-5-15(17)6-4-13/h3-6,12,14,16,18,20H,7-11H2,1-2H3. The molecule has 2 N–H and O–H groups in total. The quantitative estimate of drug-likeness (QED) is 0.847. The summed E-state index contributed by atoms with van der Waals surface area (Å²) in [5.41, 5.74) is 1.28. The van der Waals surface area contributed by atoms with E-state index in [2.05, 4.69) is 22.3 Å². The van der Waals surface area contributed by atoms with Gasteiger partial charge in [0, 0.05) is 17.6 Å². The van der Waals surface area contributed by atoms with Crippen LogP contribution in [0.25, 0.3) is 0 Å². The van der Waals surface area contributed by atoms with Gasteiger partial charge in [-0.3, -0.25) is 0 Å². The number of aliphatic hydroxyl groups excluding tert-OH is 1. The number of halogens is 1. The maximum absolute atomic E-state index is 9.65. The highest BCUT2D eigenvalue weighted by molar-refractivity contribution is 6.30. The monoisotopic (exact) mass is 296 g/mol. The van der Waals surface area contributed by atoms with Gasteiger partial charge in [-0.15, -0.1) is 0 Å². The van der Waals surface area contributed by atoms with Gasteiger partial charge in [0.05, 0.1) is 6.10 Å². The van der Waals surface area contributed by atoms with Crippen molar-refractivity contribution in [1.29, 1.82) is 0 Å². The topological polar surface area (TPSA) is 35.5 Å². The van der Waals surface area contributed by atoms with Crippen LogP contribution in [0.5, 0.6) is 0 Å². The summed E-state index contributed by atoms with van der Waals surface area (Å²) in [6, 6.07) is 8.43. The number of rotatable bonds is 6. The molecule has 3 unspecified atom stereocenters. The molecule has 0 aromatic heterocycles. The Morgan fingerprint density at radius 2 is 2.10 bits per heavy atom. The third-order valence-corrected chi connectivity index (χ3v) is 4.60. The lowest BCUT2D eigenvalue weighted by Gasteiger charge is -2.22. The summed E-state index contributed by atoms with van der Waals surface area (Å²) in [6.07, 6.45) is 2.00. The van der Waals surface area contributed by atoms with E-state index in [4.69, 9.17) is 11.6 Å². The molecule has 1 heterocycles. The van der Waals surface area contributed by atoms with Gasteiger partial charge in [0.1, 0.15) is 0 Å². The van der Waals surface area contributed by atoms with Crippen molar-refractivity contribution >= 4 is 11.6 Å². The Bertz CT molecular complexity index is 407. The zero-order valence-electron chi connectivity index (χ0n) is 12.3. The molecular formula is C16H25ClN2O. The van der Waals surface area contributed by atoms with Gasteiger partial charge in [-0.2, -0.15) is 0 Å². The molecule has 0 spiro atoms. The van der Waals surface area contributed by atoms with E-state index < -0.39 is 0 Å². The Kier molecular flexibility index (Phi) is 5.85. The first kappa shape index (κ1) is 15.8. The molecule has 0 bridgehead atoms. The van der Waals surface area contributed by atoms with E-state index in [-0.39, 0.29) is 6.10 Å². The minimum atomic E-state index is -0.184. The maximum Gasteiger partial charge on any atom is 0.0552 e. The van der Waals surface area contributed by atoms with E-state index in [9.17, 15) is 5.11 Å². The second-order valence-corrected chi connectivity index (χ2v) is 6.21. The number of hydrogen-bond donors (Lipinski definition) is 2. The molecule has 0 saturated carbocycles. The summed E-state index contributed by atoms with van der Waals surface area (Å²) in [5, 5.41) is 13.8. The lowest BCUT2D eigenvalue weighted by atomic mass is 10.0. The van der Waals surface area contributed by atoms with Gasteiger partial charge in [-0.1, -0.05) is 23.7 Å². The minimum absolute atomic E-state index is 0.184. The van der Waals surface area contributed by atoms with Crippen LogP contribution in [0.2, 0.25) is 5.02 Å². The minimum Gasteiger partial charge on any atom is -0.393 e. The average Bonchev–Trinajstić information content (AvgIpc) is 2.90. The summed E-state index contributed by atoms with van der Waals surface area (Å²) in [7, 11) is 2.00. The van der Waals surface area contributed by atoms with Gasteiger partial charge in [-0.25, -0.2) is 0 Å². The molecule has 0 aliphatic carbocycles. The molecule has 2 rings (SSSR count). The largest absolute Gasteiger partial charge is 0.393 e. The van der Waals surface area contributed by atoms with Crippen LogP contribution >= 0.6 is 11.6 Å². The summed E-state index contributed by atoms with van der Waals surface area (Å²) in [5.74, 6) is 0.443. The SMILES string of the molecule is CNC(CCN1CCC(C(C)O)C1)c1ccc(Cl)cc1. The van der Waals surface area contributed by atoms with Crippen molar-refractivity contribution in [2.45, 2.75) is 31.9 Å². The summed E-state index contributed by atoms with van der Waals surface area (Å²) >= 11 is 5.93. The number of nitrogens with zero attached hydrogens (tertiary/aromatic N) is 1. The smallest absolute Gasteiger partial charge is 0.0552 e. The molecule has 1 aliphatic heterocycles. The Labute approximate surface area is 126 Å². The van der Waals surface area contributed by atoms with Crippen molar-refractivity contribution < 1.29 is 5.11 Å². The average molecular weight is 297 g/mol. The van der Waals surface area contributed by atoms with Gasteiger partial charge in [0.15, 0.2) is 0 Å². The van der Waals surface area contributed by atoms with Crippen LogP contribution in [-0.2, 0) is 0 Å². The molecular weight excluding hydrogens is 272 g/mol. The zero-order valence-corrected chi connectivity index (χ0v) is 13.1. The van der Waals surface area contributed by atoms with E-state index >= 15 is 0 Å². The molecule has 3 nitrogen and oxygen atoms in total. The number of likely N-dealkylation sites (tertiary alicyclic amines) is 1. The second kappa shape index (κ2) is 7.41. The highest BCUT2D eigenvalue weighted by Crippen LogP contribution is 2.23. The molecule has 0 amide bonds. The molecule has 1 saturated heterocycles. The van der Waals surface area contributed by atoms with Crippen LogP contribution in [0.1, 0.15) is 31.4 Å². The summed E-state index contributed by atoms with van der Waals surface area (Å²) in [4.78, 5) is 2.46. The first-order chi connectivity index (χ1) is 9.60. The second-order valence-electron chi connectivity index (χ2n) is 5.77. The number of benzene rings is 1. The van der Waals surface area contributed by atoms with E-state index in [0.29, 0.717) is 12.0 Å². The zero-order chi connectivity index (χ0) is 14.5. The molecule has 1 fully saturated rings. The van der Waals surface area contributed by atoms with Crippen molar-refractivity contribution in [2.24, 2.45) is 5.92 Å². The molecule has 20 heavy (non-hydrogen) atoms.